The first-order valence-electron chi connectivity index (χ1n) is 6.41. The van der Waals surface area contributed by atoms with Crippen LogP contribution in [0.15, 0.2) is 42.6 Å². The number of rotatable bonds is 4. The summed E-state index contributed by atoms with van der Waals surface area (Å²) in [5, 5.41) is 4.44. The van der Waals surface area contributed by atoms with Crippen LogP contribution in [0.25, 0.3) is 10.9 Å². The van der Waals surface area contributed by atoms with Crippen LogP contribution >= 0.6 is 11.6 Å². The van der Waals surface area contributed by atoms with Gasteiger partial charge in [0.1, 0.15) is 5.82 Å². The van der Waals surface area contributed by atoms with Crippen LogP contribution in [0.5, 0.6) is 5.88 Å². The Morgan fingerprint density at radius 3 is 2.90 bits per heavy atom. The Morgan fingerprint density at radius 2 is 2.05 bits per heavy atom. The molecule has 0 aliphatic heterocycles. The van der Waals surface area contributed by atoms with Gasteiger partial charge in [0.2, 0.25) is 11.2 Å². The fourth-order valence-electron chi connectivity index (χ4n) is 2.04. The Kier molecular flexibility index (Phi) is 3.83. The minimum absolute atomic E-state index is 0.225. The number of pyridine rings is 1. The van der Waals surface area contributed by atoms with Crippen LogP contribution in [0.4, 0.5) is 5.82 Å². The molecule has 0 aliphatic rings. The predicted octanol–water partition coefficient (Wildman–Crippen LogP) is 3.30. The number of halogens is 1. The molecule has 0 bridgehead atoms. The highest BCUT2D eigenvalue weighted by atomic mass is 35.5. The predicted molar refractivity (Wildman–Crippen MR) is 82.7 cm³/mol. The molecule has 0 fully saturated rings. The van der Waals surface area contributed by atoms with Crippen molar-refractivity contribution in [1.29, 1.82) is 0 Å². The number of aromatic nitrogens is 3. The molecule has 2 heterocycles. The molecule has 0 amide bonds. The SMILES string of the molecule is COc1cc(CNc2nc(Cl)nc3ccccc23)ccn1. The molecule has 21 heavy (non-hydrogen) atoms. The van der Waals surface area contributed by atoms with Gasteiger partial charge in [-0.2, -0.15) is 0 Å². The monoisotopic (exact) mass is 300 g/mol. The van der Waals surface area contributed by atoms with Crippen molar-refractivity contribution in [2.75, 3.05) is 12.4 Å². The van der Waals surface area contributed by atoms with E-state index in [1.54, 1.807) is 13.3 Å². The van der Waals surface area contributed by atoms with Gasteiger partial charge in [0.15, 0.2) is 0 Å². The molecule has 0 saturated carbocycles. The fourth-order valence-corrected chi connectivity index (χ4v) is 2.22. The molecule has 106 valence electrons. The van der Waals surface area contributed by atoms with E-state index in [9.17, 15) is 0 Å². The molecule has 1 N–H and O–H groups in total. The van der Waals surface area contributed by atoms with E-state index in [1.807, 2.05) is 36.4 Å². The quantitative estimate of drug-likeness (QED) is 0.749. The van der Waals surface area contributed by atoms with E-state index in [0.717, 1.165) is 16.5 Å². The standard InChI is InChI=1S/C15H13ClN4O/c1-21-13-8-10(6-7-17-13)9-18-14-11-4-2-3-5-12(11)19-15(16)20-14/h2-8H,9H2,1H3,(H,18,19,20). The first-order chi connectivity index (χ1) is 10.3. The lowest BCUT2D eigenvalue weighted by Crippen LogP contribution is -2.03. The summed E-state index contributed by atoms with van der Waals surface area (Å²) >= 11 is 5.96. The molecular weight excluding hydrogens is 288 g/mol. The second-order valence-corrected chi connectivity index (χ2v) is 4.76. The van der Waals surface area contributed by atoms with Crippen molar-refractivity contribution >= 4 is 28.3 Å². The lowest BCUT2D eigenvalue weighted by Gasteiger charge is -2.09. The maximum absolute atomic E-state index is 5.96. The largest absolute Gasteiger partial charge is 0.481 e. The molecule has 1 aromatic carbocycles. The second-order valence-electron chi connectivity index (χ2n) is 4.42. The number of methoxy groups -OCH3 is 1. The molecule has 0 spiro atoms. The summed E-state index contributed by atoms with van der Waals surface area (Å²) < 4.78 is 5.11. The molecule has 0 atom stereocenters. The number of nitrogens with zero attached hydrogens (tertiary/aromatic N) is 3. The first kappa shape index (κ1) is 13.6. The maximum atomic E-state index is 5.96. The Morgan fingerprint density at radius 1 is 1.19 bits per heavy atom. The van der Waals surface area contributed by atoms with Gasteiger partial charge in [-0.3, -0.25) is 0 Å². The lowest BCUT2D eigenvalue weighted by atomic mass is 10.2. The van der Waals surface area contributed by atoms with Gasteiger partial charge in [0.25, 0.3) is 0 Å². The van der Waals surface area contributed by atoms with Crippen molar-refractivity contribution in [3.8, 4) is 5.88 Å². The summed E-state index contributed by atoms with van der Waals surface area (Å²) in [6.07, 6.45) is 1.71. The highest BCUT2D eigenvalue weighted by molar-refractivity contribution is 6.28. The molecule has 3 aromatic rings. The van der Waals surface area contributed by atoms with Crippen LogP contribution in [0.2, 0.25) is 5.28 Å². The Labute approximate surface area is 127 Å². The van der Waals surface area contributed by atoms with Crippen molar-refractivity contribution in [3.05, 3.63) is 53.4 Å². The van der Waals surface area contributed by atoms with Crippen molar-refractivity contribution in [2.45, 2.75) is 6.54 Å². The topological polar surface area (TPSA) is 59.9 Å². The number of hydrogen-bond donors (Lipinski definition) is 1. The van der Waals surface area contributed by atoms with Crippen LogP contribution in [0.3, 0.4) is 0 Å². The van der Waals surface area contributed by atoms with E-state index in [1.165, 1.54) is 0 Å². The summed E-state index contributed by atoms with van der Waals surface area (Å²) in [6, 6.07) is 11.5. The number of nitrogens with one attached hydrogen (secondary N) is 1. The highest BCUT2D eigenvalue weighted by Gasteiger charge is 2.06. The van der Waals surface area contributed by atoms with Gasteiger partial charge in [0.05, 0.1) is 12.6 Å². The number of benzene rings is 1. The summed E-state index contributed by atoms with van der Waals surface area (Å²) in [5.74, 6) is 1.29. The molecule has 0 radical (unpaired) electrons. The average Bonchev–Trinajstić information content (AvgIpc) is 2.52. The van der Waals surface area contributed by atoms with Crippen LogP contribution in [0.1, 0.15) is 5.56 Å². The smallest absolute Gasteiger partial charge is 0.224 e. The molecule has 2 aromatic heterocycles. The van der Waals surface area contributed by atoms with Gasteiger partial charge in [-0.05, 0) is 35.4 Å². The van der Waals surface area contributed by atoms with Crippen molar-refractivity contribution in [3.63, 3.8) is 0 Å². The molecule has 5 nitrogen and oxygen atoms in total. The third-order valence-corrected chi connectivity index (χ3v) is 3.21. The van der Waals surface area contributed by atoms with Gasteiger partial charge in [-0.1, -0.05) is 12.1 Å². The van der Waals surface area contributed by atoms with Crippen molar-refractivity contribution in [2.24, 2.45) is 0 Å². The second kappa shape index (κ2) is 5.93. The summed E-state index contributed by atoms with van der Waals surface area (Å²) in [6.45, 7) is 0.593. The van der Waals surface area contributed by atoms with Crippen LogP contribution in [0, 0.1) is 0 Å². The number of anilines is 1. The zero-order chi connectivity index (χ0) is 14.7. The number of fused-ring (bicyclic) bond motifs is 1. The molecule has 6 heteroatoms. The highest BCUT2D eigenvalue weighted by Crippen LogP contribution is 2.22. The zero-order valence-corrected chi connectivity index (χ0v) is 12.1. The minimum atomic E-state index is 0.225. The minimum Gasteiger partial charge on any atom is -0.481 e. The summed E-state index contributed by atoms with van der Waals surface area (Å²) in [5.41, 5.74) is 1.85. The van der Waals surface area contributed by atoms with Crippen LogP contribution < -0.4 is 10.1 Å². The van der Waals surface area contributed by atoms with Gasteiger partial charge in [-0.15, -0.1) is 0 Å². The van der Waals surface area contributed by atoms with Gasteiger partial charge >= 0.3 is 0 Å². The number of hydrogen-bond acceptors (Lipinski definition) is 5. The maximum Gasteiger partial charge on any atom is 0.224 e. The number of para-hydroxylation sites is 1. The zero-order valence-electron chi connectivity index (χ0n) is 11.4. The molecule has 3 rings (SSSR count). The van der Waals surface area contributed by atoms with Crippen LogP contribution in [-0.2, 0) is 6.54 Å². The third-order valence-electron chi connectivity index (χ3n) is 3.04. The lowest BCUT2D eigenvalue weighted by molar-refractivity contribution is 0.397. The van der Waals surface area contributed by atoms with E-state index in [0.29, 0.717) is 18.2 Å². The molecule has 0 unspecified atom stereocenters. The number of ether oxygens (including phenoxy) is 1. The van der Waals surface area contributed by atoms with Gasteiger partial charge in [-0.25, -0.2) is 15.0 Å². The van der Waals surface area contributed by atoms with Gasteiger partial charge in [0, 0.05) is 24.2 Å². The van der Waals surface area contributed by atoms with E-state index < -0.39 is 0 Å². The van der Waals surface area contributed by atoms with Crippen LogP contribution in [-0.4, -0.2) is 22.1 Å². The van der Waals surface area contributed by atoms with E-state index in [-0.39, 0.29) is 5.28 Å². The third kappa shape index (κ3) is 3.03. The van der Waals surface area contributed by atoms with Gasteiger partial charge < -0.3 is 10.1 Å². The Balaban J connectivity index is 1.87. The molecule has 0 saturated heterocycles. The van der Waals surface area contributed by atoms with Crippen molar-refractivity contribution < 1.29 is 4.74 Å². The van der Waals surface area contributed by atoms with Crippen molar-refractivity contribution in [1.82, 2.24) is 15.0 Å². The molecule has 0 aliphatic carbocycles. The van der Waals surface area contributed by atoms with E-state index in [2.05, 4.69) is 20.3 Å². The summed E-state index contributed by atoms with van der Waals surface area (Å²) in [4.78, 5) is 12.5. The Hall–Kier alpha value is -2.40. The van der Waals surface area contributed by atoms with E-state index in [4.69, 9.17) is 16.3 Å². The van der Waals surface area contributed by atoms with E-state index >= 15 is 0 Å². The summed E-state index contributed by atoms with van der Waals surface area (Å²) in [7, 11) is 1.59. The normalized spacial score (nSPS) is 10.6. The fraction of sp³-hybridized carbons (Fsp3) is 0.133. The first-order valence-corrected chi connectivity index (χ1v) is 6.79. The Bertz CT molecular complexity index is 778. The average molecular weight is 301 g/mol. The molecular formula is C15H13ClN4O.